The number of ether oxygens (including phenoxy) is 1. The number of rotatable bonds is 4. The first-order valence-corrected chi connectivity index (χ1v) is 9.64. The molecule has 0 amide bonds. The summed E-state index contributed by atoms with van der Waals surface area (Å²) >= 11 is 0. The van der Waals surface area contributed by atoms with E-state index in [9.17, 15) is 4.79 Å². The number of carbonyl (C=O) groups excluding carboxylic acids is 1. The van der Waals surface area contributed by atoms with Crippen molar-refractivity contribution < 1.29 is 9.53 Å². The second-order valence-electron chi connectivity index (χ2n) is 6.75. The molecule has 0 radical (unpaired) electrons. The van der Waals surface area contributed by atoms with Crippen LogP contribution in [-0.2, 0) is 9.53 Å². The third kappa shape index (κ3) is 7.57. The van der Waals surface area contributed by atoms with Gasteiger partial charge in [-0.2, -0.15) is 0 Å². The van der Waals surface area contributed by atoms with E-state index in [0.717, 1.165) is 22.9 Å². The highest BCUT2D eigenvalue weighted by atomic mass is 16.5. The van der Waals surface area contributed by atoms with Crippen molar-refractivity contribution in [2.45, 2.75) is 44.9 Å². The predicted molar refractivity (Wildman–Crippen MR) is 113 cm³/mol. The van der Waals surface area contributed by atoms with Gasteiger partial charge in [0.05, 0.1) is 6.61 Å². The topological polar surface area (TPSA) is 78.3 Å². The zero-order valence-electron chi connectivity index (χ0n) is 16.1. The molecule has 0 aliphatic heterocycles. The molecule has 1 aliphatic rings. The van der Waals surface area contributed by atoms with E-state index in [4.69, 9.17) is 16.2 Å². The van der Waals surface area contributed by atoms with Crippen molar-refractivity contribution in [2.24, 2.45) is 0 Å². The quantitative estimate of drug-likeness (QED) is 0.445. The fraction of sp³-hybridized carbons (Fsp3) is 0.348. The highest BCUT2D eigenvalue weighted by Crippen LogP contribution is 2.32. The molecule has 4 nitrogen and oxygen atoms in total. The van der Waals surface area contributed by atoms with E-state index in [0.29, 0.717) is 6.61 Å². The van der Waals surface area contributed by atoms with Gasteiger partial charge in [-0.25, -0.2) is 4.79 Å². The van der Waals surface area contributed by atoms with Crippen LogP contribution in [0, 0.1) is 0 Å². The molecule has 1 aliphatic carbocycles. The summed E-state index contributed by atoms with van der Waals surface area (Å²) < 4.78 is 4.86. The third-order valence-electron chi connectivity index (χ3n) is 4.65. The smallest absolute Gasteiger partial charge is 0.330 e. The van der Waals surface area contributed by atoms with Crippen LogP contribution in [-0.4, -0.2) is 12.6 Å². The Morgan fingerprint density at radius 2 is 1.52 bits per heavy atom. The molecule has 2 aromatic rings. The molecule has 1 saturated carbocycles. The Hall–Kier alpha value is -2.75. The Morgan fingerprint density at radius 3 is 2.04 bits per heavy atom. The summed E-state index contributed by atoms with van der Waals surface area (Å²) in [7, 11) is 0. The van der Waals surface area contributed by atoms with E-state index < -0.39 is 0 Å². The number of esters is 1. The van der Waals surface area contributed by atoms with Crippen LogP contribution < -0.4 is 11.5 Å². The van der Waals surface area contributed by atoms with Gasteiger partial charge in [0.25, 0.3) is 0 Å². The highest BCUT2D eigenvalue weighted by molar-refractivity contribution is 5.87. The molecule has 0 unspecified atom stereocenters. The zero-order valence-corrected chi connectivity index (χ0v) is 16.1. The average molecular weight is 367 g/mol. The molecule has 3 rings (SSSR count). The number of nitrogens with two attached hydrogens (primary N) is 2. The first-order valence-electron chi connectivity index (χ1n) is 9.64. The van der Waals surface area contributed by atoms with Gasteiger partial charge in [0, 0.05) is 17.5 Å². The van der Waals surface area contributed by atoms with Crippen molar-refractivity contribution in [3.8, 4) is 0 Å². The van der Waals surface area contributed by atoms with Gasteiger partial charge in [-0.15, -0.1) is 0 Å². The van der Waals surface area contributed by atoms with Gasteiger partial charge in [-0.05, 0) is 67.2 Å². The van der Waals surface area contributed by atoms with Crippen molar-refractivity contribution in [3.05, 3.63) is 65.7 Å². The van der Waals surface area contributed by atoms with Gasteiger partial charge in [0.2, 0.25) is 0 Å². The zero-order chi connectivity index (χ0) is 19.5. The minimum Gasteiger partial charge on any atom is -0.463 e. The van der Waals surface area contributed by atoms with E-state index in [1.54, 1.807) is 24.3 Å². The Balaban J connectivity index is 0.000000273. The average Bonchev–Trinajstić information content (AvgIpc) is 2.70. The van der Waals surface area contributed by atoms with E-state index in [2.05, 4.69) is 24.3 Å². The van der Waals surface area contributed by atoms with Crippen LogP contribution in [0.2, 0.25) is 0 Å². The number of hydrogen-bond donors (Lipinski definition) is 2. The molecule has 0 aromatic heterocycles. The van der Waals surface area contributed by atoms with Crippen molar-refractivity contribution in [3.63, 3.8) is 0 Å². The lowest BCUT2D eigenvalue weighted by Crippen LogP contribution is -2.04. The highest BCUT2D eigenvalue weighted by Gasteiger charge is 2.14. The van der Waals surface area contributed by atoms with Gasteiger partial charge in [0.1, 0.15) is 0 Å². The summed E-state index contributed by atoms with van der Waals surface area (Å²) in [6.45, 7) is 2.23. The van der Waals surface area contributed by atoms with Crippen LogP contribution in [0.5, 0.6) is 0 Å². The number of hydrogen-bond acceptors (Lipinski definition) is 4. The SMILES string of the molecule is CCOC(=O)C=Cc1ccc(C2CCCCC2)cc1.Nc1ccc(N)cc1. The Kier molecular flexibility index (Phi) is 8.43. The van der Waals surface area contributed by atoms with Crippen LogP contribution in [0.25, 0.3) is 6.08 Å². The molecule has 4 N–H and O–H groups in total. The van der Waals surface area contributed by atoms with Crippen LogP contribution >= 0.6 is 0 Å². The molecule has 0 spiro atoms. The number of benzene rings is 2. The maximum absolute atomic E-state index is 11.2. The fourth-order valence-corrected chi connectivity index (χ4v) is 3.17. The molecule has 27 heavy (non-hydrogen) atoms. The van der Waals surface area contributed by atoms with Crippen molar-refractivity contribution in [1.82, 2.24) is 0 Å². The monoisotopic (exact) mass is 366 g/mol. The lowest BCUT2D eigenvalue weighted by Gasteiger charge is -2.21. The van der Waals surface area contributed by atoms with Gasteiger partial charge >= 0.3 is 5.97 Å². The summed E-state index contributed by atoms with van der Waals surface area (Å²) in [5.74, 6) is 0.454. The van der Waals surface area contributed by atoms with Gasteiger partial charge in [0.15, 0.2) is 0 Å². The van der Waals surface area contributed by atoms with Crippen LogP contribution in [0.15, 0.2) is 54.6 Å². The normalized spacial score (nSPS) is 14.4. The molecular formula is C23H30N2O2. The second-order valence-corrected chi connectivity index (χ2v) is 6.75. The Labute approximate surface area is 162 Å². The molecule has 1 fully saturated rings. The van der Waals surface area contributed by atoms with Gasteiger partial charge in [-0.3, -0.25) is 0 Å². The summed E-state index contributed by atoms with van der Waals surface area (Å²) in [4.78, 5) is 11.2. The molecule has 4 heteroatoms. The second kappa shape index (κ2) is 11.1. The first kappa shape index (κ1) is 20.6. The molecule has 144 valence electrons. The molecule has 0 heterocycles. The molecule has 2 aromatic carbocycles. The standard InChI is InChI=1S/C17H22O2.C6H8N2/c1-2-19-17(18)13-10-14-8-11-16(12-9-14)15-6-4-3-5-7-15;7-5-1-2-6(8)4-3-5/h8-13,15H,2-7H2,1H3;1-4H,7-8H2. The molecular weight excluding hydrogens is 336 g/mol. The minimum absolute atomic E-state index is 0.279. The van der Waals surface area contributed by atoms with E-state index in [-0.39, 0.29) is 5.97 Å². The molecule has 0 atom stereocenters. The third-order valence-corrected chi connectivity index (χ3v) is 4.65. The van der Waals surface area contributed by atoms with Crippen molar-refractivity contribution >= 4 is 23.4 Å². The van der Waals surface area contributed by atoms with Crippen LogP contribution in [0.4, 0.5) is 11.4 Å². The maximum atomic E-state index is 11.2. The van der Waals surface area contributed by atoms with E-state index in [1.807, 2.05) is 13.0 Å². The first-order chi connectivity index (χ1) is 13.1. The fourth-order valence-electron chi connectivity index (χ4n) is 3.17. The van der Waals surface area contributed by atoms with Crippen LogP contribution in [0.3, 0.4) is 0 Å². The Bertz CT molecular complexity index is 694. The van der Waals surface area contributed by atoms with E-state index >= 15 is 0 Å². The van der Waals surface area contributed by atoms with Gasteiger partial charge in [-0.1, -0.05) is 43.5 Å². The number of nitrogen functional groups attached to an aromatic ring is 2. The summed E-state index contributed by atoms with van der Waals surface area (Å²) in [6.07, 6.45) is 10.0. The van der Waals surface area contributed by atoms with Crippen molar-refractivity contribution in [1.29, 1.82) is 0 Å². The molecule has 0 saturated heterocycles. The summed E-state index contributed by atoms with van der Waals surface area (Å²) in [5.41, 5.74) is 14.7. The minimum atomic E-state index is -0.279. The lowest BCUT2D eigenvalue weighted by molar-refractivity contribution is -0.137. The van der Waals surface area contributed by atoms with Crippen LogP contribution in [0.1, 0.15) is 56.1 Å². The number of anilines is 2. The molecule has 0 bridgehead atoms. The maximum Gasteiger partial charge on any atom is 0.330 e. The predicted octanol–water partition coefficient (Wildman–Crippen LogP) is 5.16. The summed E-state index contributed by atoms with van der Waals surface area (Å²) in [6, 6.07) is 15.6. The van der Waals surface area contributed by atoms with E-state index in [1.165, 1.54) is 43.7 Å². The summed E-state index contributed by atoms with van der Waals surface area (Å²) in [5, 5.41) is 0. The number of carbonyl (C=O) groups is 1. The Morgan fingerprint density at radius 1 is 0.963 bits per heavy atom. The van der Waals surface area contributed by atoms with Crippen molar-refractivity contribution in [2.75, 3.05) is 18.1 Å². The lowest BCUT2D eigenvalue weighted by atomic mass is 9.84. The van der Waals surface area contributed by atoms with Gasteiger partial charge < -0.3 is 16.2 Å². The largest absolute Gasteiger partial charge is 0.463 e.